The number of ether oxygens (including phenoxy) is 1. The van der Waals surface area contributed by atoms with Gasteiger partial charge in [0.2, 0.25) is 15.9 Å². The summed E-state index contributed by atoms with van der Waals surface area (Å²) in [7, 11) is -2.58. The zero-order valence-electron chi connectivity index (χ0n) is 17.2. The molecule has 0 aliphatic carbocycles. The lowest BCUT2D eigenvalue weighted by molar-refractivity contribution is -0.137. The molecule has 1 N–H and O–H groups in total. The van der Waals surface area contributed by atoms with Crippen molar-refractivity contribution in [2.45, 2.75) is 30.5 Å². The van der Waals surface area contributed by atoms with E-state index in [1.165, 1.54) is 0 Å². The minimum absolute atomic E-state index is 0.0347. The lowest BCUT2D eigenvalue weighted by Gasteiger charge is -2.30. The molecule has 0 bridgehead atoms. The largest absolute Gasteiger partial charge is 0.497 e. The molecule has 11 heteroatoms. The van der Waals surface area contributed by atoms with Gasteiger partial charge in [0.15, 0.2) is 0 Å². The Labute approximate surface area is 189 Å². The van der Waals surface area contributed by atoms with Crippen molar-refractivity contribution in [3.05, 3.63) is 58.6 Å². The van der Waals surface area contributed by atoms with E-state index in [1.54, 1.807) is 19.2 Å². The van der Waals surface area contributed by atoms with Crippen LogP contribution in [-0.2, 0) is 27.5 Å². The highest BCUT2D eigenvalue weighted by Gasteiger charge is 2.37. The van der Waals surface area contributed by atoms with Crippen LogP contribution >= 0.6 is 11.6 Å². The summed E-state index contributed by atoms with van der Waals surface area (Å²) in [6, 6.07) is 9.76. The molecule has 0 radical (unpaired) electrons. The molecule has 1 fully saturated rings. The topological polar surface area (TPSA) is 75.7 Å². The number of alkyl halides is 3. The number of rotatable bonds is 6. The molecule has 0 unspecified atom stereocenters. The van der Waals surface area contributed by atoms with Crippen LogP contribution in [0.25, 0.3) is 0 Å². The monoisotopic (exact) mass is 490 g/mol. The fourth-order valence-corrected chi connectivity index (χ4v) is 5.19. The number of carbonyl (C=O) groups excluding carboxylic acids is 1. The third-order valence-electron chi connectivity index (χ3n) is 5.33. The molecule has 1 saturated heterocycles. The second-order valence-corrected chi connectivity index (χ2v) is 9.73. The summed E-state index contributed by atoms with van der Waals surface area (Å²) in [6.07, 6.45) is -4.22. The van der Waals surface area contributed by atoms with Crippen molar-refractivity contribution in [2.24, 2.45) is 5.92 Å². The fraction of sp³-hybridized carbons (Fsp3) is 0.381. The molecule has 1 heterocycles. The minimum Gasteiger partial charge on any atom is -0.497 e. The van der Waals surface area contributed by atoms with Crippen LogP contribution < -0.4 is 10.1 Å². The fourth-order valence-electron chi connectivity index (χ4n) is 3.47. The van der Waals surface area contributed by atoms with E-state index in [0.717, 1.165) is 22.0 Å². The van der Waals surface area contributed by atoms with Gasteiger partial charge in [-0.15, -0.1) is 0 Å². The van der Waals surface area contributed by atoms with E-state index in [0.29, 0.717) is 18.4 Å². The lowest BCUT2D eigenvalue weighted by atomic mass is 9.97. The molecule has 0 spiro atoms. The van der Waals surface area contributed by atoms with Crippen molar-refractivity contribution in [3.8, 4) is 5.75 Å². The normalized spacial score (nSPS) is 16.0. The summed E-state index contributed by atoms with van der Waals surface area (Å²) in [5.41, 5.74) is -0.310. The summed E-state index contributed by atoms with van der Waals surface area (Å²) in [5, 5.41) is 2.27. The molecule has 0 atom stereocenters. The van der Waals surface area contributed by atoms with Crippen LogP contribution in [0.1, 0.15) is 24.0 Å². The Bertz CT molecular complexity index is 1070. The highest BCUT2D eigenvalue weighted by Crippen LogP contribution is 2.36. The predicted molar refractivity (Wildman–Crippen MR) is 113 cm³/mol. The van der Waals surface area contributed by atoms with Gasteiger partial charge in [-0.3, -0.25) is 4.79 Å². The lowest BCUT2D eigenvalue weighted by Crippen LogP contribution is -2.42. The average molecular weight is 491 g/mol. The van der Waals surface area contributed by atoms with Crippen molar-refractivity contribution in [1.82, 2.24) is 9.62 Å². The zero-order valence-corrected chi connectivity index (χ0v) is 18.7. The molecule has 6 nitrogen and oxygen atoms in total. The molecular formula is C21H22ClF3N2O4S. The van der Waals surface area contributed by atoms with Gasteiger partial charge >= 0.3 is 6.18 Å². The standard InChI is InChI=1S/C21H22ClF3N2O4S/c1-31-16-4-2-14(3-5-16)13-26-20(28)15-8-10-27(11-9-15)32(29,30)17-6-7-19(22)18(12-17)21(23,24)25/h2-7,12,15H,8-11,13H2,1H3,(H,26,28). The number of hydrogen-bond donors (Lipinski definition) is 1. The highest BCUT2D eigenvalue weighted by molar-refractivity contribution is 7.89. The summed E-state index contributed by atoms with van der Waals surface area (Å²) < 4.78 is 71.1. The van der Waals surface area contributed by atoms with Gasteiger partial charge in [0, 0.05) is 25.6 Å². The van der Waals surface area contributed by atoms with Gasteiger partial charge in [-0.1, -0.05) is 23.7 Å². The zero-order chi connectivity index (χ0) is 23.5. The average Bonchev–Trinajstić information content (AvgIpc) is 2.77. The number of halogens is 4. The van der Waals surface area contributed by atoms with Crippen LogP contribution in [0.5, 0.6) is 5.75 Å². The number of benzene rings is 2. The van der Waals surface area contributed by atoms with E-state index < -0.39 is 31.7 Å². The molecule has 1 aliphatic heterocycles. The molecule has 2 aromatic rings. The number of nitrogens with zero attached hydrogens (tertiary/aromatic N) is 1. The van der Waals surface area contributed by atoms with Crippen LogP contribution in [0.3, 0.4) is 0 Å². The van der Waals surface area contributed by atoms with Gasteiger partial charge in [-0.25, -0.2) is 8.42 Å². The van der Waals surface area contributed by atoms with Crippen molar-refractivity contribution < 1.29 is 31.1 Å². The number of sulfonamides is 1. The number of nitrogens with one attached hydrogen (secondary N) is 1. The molecule has 2 aromatic carbocycles. The van der Waals surface area contributed by atoms with Crippen LogP contribution in [0, 0.1) is 5.92 Å². The maximum absolute atomic E-state index is 13.1. The first-order valence-electron chi connectivity index (χ1n) is 9.80. The summed E-state index contributed by atoms with van der Waals surface area (Å²) >= 11 is 5.58. The molecule has 3 rings (SSSR count). The maximum Gasteiger partial charge on any atom is 0.417 e. The van der Waals surface area contributed by atoms with Gasteiger partial charge in [-0.05, 0) is 48.7 Å². The molecule has 32 heavy (non-hydrogen) atoms. The Morgan fingerprint density at radius 1 is 1.16 bits per heavy atom. The smallest absolute Gasteiger partial charge is 0.417 e. The third kappa shape index (κ3) is 5.54. The quantitative estimate of drug-likeness (QED) is 0.662. The van der Waals surface area contributed by atoms with E-state index in [1.807, 2.05) is 12.1 Å². The van der Waals surface area contributed by atoms with Crippen molar-refractivity contribution in [3.63, 3.8) is 0 Å². The first-order chi connectivity index (χ1) is 15.0. The summed E-state index contributed by atoms with van der Waals surface area (Å²) in [4.78, 5) is 12.0. The SMILES string of the molecule is COc1ccc(CNC(=O)C2CCN(S(=O)(=O)c3ccc(Cl)c(C(F)(F)F)c3)CC2)cc1. The molecule has 0 saturated carbocycles. The third-order valence-corrected chi connectivity index (χ3v) is 7.56. The number of methoxy groups -OCH3 is 1. The van der Waals surface area contributed by atoms with Crippen molar-refractivity contribution in [1.29, 1.82) is 0 Å². The second-order valence-electron chi connectivity index (χ2n) is 7.38. The predicted octanol–water partition coefficient (Wildman–Crippen LogP) is 4.08. The van der Waals surface area contributed by atoms with E-state index in [9.17, 15) is 26.4 Å². The number of piperidine rings is 1. The first-order valence-corrected chi connectivity index (χ1v) is 11.6. The van der Waals surface area contributed by atoms with Gasteiger partial charge in [-0.2, -0.15) is 17.5 Å². The van der Waals surface area contributed by atoms with E-state index in [4.69, 9.17) is 16.3 Å². The Hall–Kier alpha value is -2.30. The van der Waals surface area contributed by atoms with Crippen molar-refractivity contribution in [2.75, 3.05) is 20.2 Å². The highest BCUT2D eigenvalue weighted by atomic mass is 35.5. The Kier molecular flexibility index (Phi) is 7.36. The Morgan fingerprint density at radius 3 is 2.34 bits per heavy atom. The molecule has 1 aliphatic rings. The summed E-state index contributed by atoms with van der Waals surface area (Å²) in [6.45, 7) is 0.395. The number of carbonyl (C=O) groups is 1. The molecular weight excluding hydrogens is 469 g/mol. The van der Waals surface area contributed by atoms with Crippen LogP contribution in [0.4, 0.5) is 13.2 Å². The van der Waals surface area contributed by atoms with Crippen LogP contribution in [0.2, 0.25) is 5.02 Å². The molecule has 1 amide bonds. The molecule has 174 valence electrons. The van der Waals surface area contributed by atoms with E-state index >= 15 is 0 Å². The van der Waals surface area contributed by atoms with Gasteiger partial charge in [0.1, 0.15) is 5.75 Å². The summed E-state index contributed by atoms with van der Waals surface area (Å²) in [5.74, 6) is 0.135. The van der Waals surface area contributed by atoms with Gasteiger partial charge < -0.3 is 10.1 Å². The Balaban J connectivity index is 1.60. The Morgan fingerprint density at radius 2 is 1.78 bits per heavy atom. The van der Waals surface area contributed by atoms with Gasteiger partial charge in [0.25, 0.3) is 0 Å². The molecule has 0 aromatic heterocycles. The van der Waals surface area contributed by atoms with Gasteiger partial charge in [0.05, 0.1) is 22.6 Å². The first kappa shape index (κ1) is 24.3. The number of hydrogen-bond acceptors (Lipinski definition) is 4. The van der Waals surface area contributed by atoms with Crippen molar-refractivity contribution >= 4 is 27.5 Å². The van der Waals surface area contributed by atoms with E-state index in [2.05, 4.69) is 5.32 Å². The second kappa shape index (κ2) is 9.68. The number of amides is 1. The van der Waals surface area contributed by atoms with Crippen LogP contribution in [0.15, 0.2) is 47.4 Å². The van der Waals surface area contributed by atoms with Crippen LogP contribution in [-0.4, -0.2) is 38.8 Å². The van der Waals surface area contributed by atoms with E-state index in [-0.39, 0.29) is 37.8 Å². The maximum atomic E-state index is 13.1. The minimum atomic E-state index is -4.77.